The number of benzene rings is 2. The summed E-state index contributed by atoms with van der Waals surface area (Å²) >= 11 is 0. The van der Waals surface area contributed by atoms with Crippen LogP contribution in [0.3, 0.4) is 0 Å². The molecule has 0 atom stereocenters. The standard InChI is InChI=1S/C15H11FO4/c1-18-11-7-10(16)12-8-5-3-4-6-9(8)15(17)20-14(12)13(11)19-2/h3-7H,1-2H3. The predicted molar refractivity (Wildman–Crippen MR) is 73.1 cm³/mol. The van der Waals surface area contributed by atoms with Crippen molar-refractivity contribution in [1.29, 1.82) is 0 Å². The first-order valence-electron chi connectivity index (χ1n) is 5.93. The fraction of sp³-hybridized carbons (Fsp3) is 0.133. The number of methoxy groups -OCH3 is 2. The first-order valence-corrected chi connectivity index (χ1v) is 5.93. The minimum Gasteiger partial charge on any atom is -0.493 e. The van der Waals surface area contributed by atoms with Gasteiger partial charge in [0.05, 0.1) is 25.0 Å². The summed E-state index contributed by atoms with van der Waals surface area (Å²) in [6.45, 7) is 0. The van der Waals surface area contributed by atoms with E-state index in [1.165, 1.54) is 20.3 Å². The average molecular weight is 274 g/mol. The van der Waals surface area contributed by atoms with Gasteiger partial charge in [-0.1, -0.05) is 18.2 Å². The van der Waals surface area contributed by atoms with E-state index in [4.69, 9.17) is 13.9 Å². The summed E-state index contributed by atoms with van der Waals surface area (Å²) in [5.41, 5.74) is -0.493. The van der Waals surface area contributed by atoms with Crippen molar-refractivity contribution in [1.82, 2.24) is 0 Å². The van der Waals surface area contributed by atoms with E-state index in [0.717, 1.165) is 0 Å². The minimum absolute atomic E-state index is 0.0491. The molecular weight excluding hydrogens is 263 g/mol. The van der Waals surface area contributed by atoms with E-state index in [1.54, 1.807) is 24.3 Å². The topological polar surface area (TPSA) is 48.7 Å². The number of fused-ring (bicyclic) bond motifs is 3. The highest BCUT2D eigenvalue weighted by Gasteiger charge is 2.19. The third-order valence-electron chi connectivity index (χ3n) is 3.19. The molecule has 0 aliphatic heterocycles. The summed E-state index contributed by atoms with van der Waals surface area (Å²) in [6, 6.07) is 7.91. The highest BCUT2D eigenvalue weighted by atomic mass is 19.1. The fourth-order valence-electron chi connectivity index (χ4n) is 2.31. The van der Waals surface area contributed by atoms with Crippen molar-refractivity contribution < 1.29 is 18.3 Å². The van der Waals surface area contributed by atoms with Gasteiger partial charge in [0.1, 0.15) is 5.82 Å². The molecule has 0 radical (unpaired) electrons. The highest BCUT2D eigenvalue weighted by molar-refractivity contribution is 6.06. The van der Waals surface area contributed by atoms with Crippen LogP contribution in [-0.4, -0.2) is 14.2 Å². The Morgan fingerprint density at radius 3 is 2.45 bits per heavy atom. The van der Waals surface area contributed by atoms with Gasteiger partial charge in [0.15, 0.2) is 11.3 Å². The highest BCUT2D eigenvalue weighted by Crippen LogP contribution is 2.39. The van der Waals surface area contributed by atoms with Crippen LogP contribution in [-0.2, 0) is 0 Å². The summed E-state index contributed by atoms with van der Waals surface area (Å²) in [5.74, 6) is -0.153. The van der Waals surface area contributed by atoms with Gasteiger partial charge >= 0.3 is 5.63 Å². The Balaban J connectivity index is 2.63. The zero-order chi connectivity index (χ0) is 14.3. The zero-order valence-electron chi connectivity index (χ0n) is 10.9. The van der Waals surface area contributed by atoms with Crippen molar-refractivity contribution in [2.24, 2.45) is 0 Å². The van der Waals surface area contributed by atoms with Crippen LogP contribution in [0.25, 0.3) is 21.7 Å². The largest absolute Gasteiger partial charge is 0.493 e. The molecule has 0 aliphatic rings. The Hall–Kier alpha value is -2.56. The molecule has 0 bridgehead atoms. The Morgan fingerprint density at radius 1 is 1.10 bits per heavy atom. The molecule has 0 N–H and O–H groups in total. The maximum absolute atomic E-state index is 14.3. The molecule has 0 fully saturated rings. The van der Waals surface area contributed by atoms with E-state index in [0.29, 0.717) is 10.8 Å². The quantitative estimate of drug-likeness (QED) is 0.532. The molecule has 3 rings (SSSR count). The SMILES string of the molecule is COc1cc(F)c2c(oc(=O)c3ccccc32)c1OC. The fourth-order valence-corrected chi connectivity index (χ4v) is 2.31. The summed E-state index contributed by atoms with van der Waals surface area (Å²) < 4.78 is 29.8. The minimum atomic E-state index is -0.543. The van der Waals surface area contributed by atoms with Crippen LogP contribution in [0.2, 0.25) is 0 Å². The maximum atomic E-state index is 14.3. The van der Waals surface area contributed by atoms with E-state index in [1.807, 2.05) is 0 Å². The molecule has 0 unspecified atom stereocenters. The van der Waals surface area contributed by atoms with Gasteiger partial charge in [0, 0.05) is 11.5 Å². The van der Waals surface area contributed by atoms with Crippen LogP contribution in [0.4, 0.5) is 4.39 Å². The van der Waals surface area contributed by atoms with E-state index in [9.17, 15) is 9.18 Å². The number of rotatable bonds is 2. The Bertz CT molecular complexity index is 867. The molecule has 0 amide bonds. The molecule has 0 aliphatic carbocycles. The van der Waals surface area contributed by atoms with Crippen LogP contribution >= 0.6 is 0 Å². The molecule has 1 heterocycles. The van der Waals surface area contributed by atoms with Gasteiger partial charge in [-0.05, 0) is 6.07 Å². The van der Waals surface area contributed by atoms with Gasteiger partial charge in [0.25, 0.3) is 0 Å². The molecule has 20 heavy (non-hydrogen) atoms. The van der Waals surface area contributed by atoms with Gasteiger partial charge in [-0.25, -0.2) is 9.18 Å². The third-order valence-corrected chi connectivity index (χ3v) is 3.19. The second-order valence-corrected chi connectivity index (χ2v) is 4.23. The predicted octanol–water partition coefficient (Wildman–Crippen LogP) is 3.10. The van der Waals surface area contributed by atoms with Crippen LogP contribution in [0.15, 0.2) is 39.5 Å². The molecule has 1 aromatic heterocycles. The lowest BCUT2D eigenvalue weighted by atomic mass is 10.1. The van der Waals surface area contributed by atoms with Crippen molar-refractivity contribution in [3.8, 4) is 11.5 Å². The van der Waals surface area contributed by atoms with Crippen LogP contribution in [0.5, 0.6) is 11.5 Å². The number of ether oxygens (including phenoxy) is 2. The Kier molecular flexibility index (Phi) is 2.82. The normalized spacial score (nSPS) is 10.9. The summed E-state index contributed by atoms with van der Waals surface area (Å²) in [7, 11) is 2.80. The van der Waals surface area contributed by atoms with Crippen molar-refractivity contribution in [3.05, 3.63) is 46.6 Å². The van der Waals surface area contributed by atoms with Crippen molar-refractivity contribution >= 4 is 21.7 Å². The molecule has 2 aromatic carbocycles. The van der Waals surface area contributed by atoms with Gasteiger partial charge in [-0.15, -0.1) is 0 Å². The first-order chi connectivity index (χ1) is 9.67. The number of hydrogen-bond acceptors (Lipinski definition) is 4. The molecule has 3 aromatic rings. The maximum Gasteiger partial charge on any atom is 0.344 e. The van der Waals surface area contributed by atoms with Gasteiger partial charge < -0.3 is 13.9 Å². The molecule has 0 spiro atoms. The molecule has 0 saturated heterocycles. The van der Waals surface area contributed by atoms with Crippen molar-refractivity contribution in [2.75, 3.05) is 14.2 Å². The molecule has 0 saturated carbocycles. The molecular formula is C15H11FO4. The van der Waals surface area contributed by atoms with Crippen molar-refractivity contribution in [2.45, 2.75) is 0 Å². The lowest BCUT2D eigenvalue weighted by Crippen LogP contribution is -2.02. The van der Waals surface area contributed by atoms with E-state index >= 15 is 0 Å². The van der Waals surface area contributed by atoms with Gasteiger partial charge in [-0.2, -0.15) is 0 Å². The van der Waals surface area contributed by atoms with Crippen molar-refractivity contribution in [3.63, 3.8) is 0 Å². The Labute approximate surface area is 113 Å². The average Bonchev–Trinajstić information content (AvgIpc) is 2.47. The van der Waals surface area contributed by atoms with E-state index in [-0.39, 0.29) is 22.5 Å². The van der Waals surface area contributed by atoms with E-state index < -0.39 is 11.4 Å². The second kappa shape index (κ2) is 4.52. The zero-order valence-corrected chi connectivity index (χ0v) is 10.9. The Morgan fingerprint density at radius 2 is 1.80 bits per heavy atom. The first kappa shape index (κ1) is 12.5. The third kappa shape index (κ3) is 1.63. The molecule has 4 nitrogen and oxygen atoms in total. The molecule has 102 valence electrons. The monoisotopic (exact) mass is 274 g/mol. The summed E-state index contributed by atoms with van der Waals surface area (Å²) in [4.78, 5) is 12.0. The number of hydrogen-bond donors (Lipinski definition) is 0. The second-order valence-electron chi connectivity index (χ2n) is 4.23. The van der Waals surface area contributed by atoms with Crippen LogP contribution < -0.4 is 15.1 Å². The van der Waals surface area contributed by atoms with E-state index in [2.05, 4.69) is 0 Å². The lowest BCUT2D eigenvalue weighted by molar-refractivity contribution is 0.350. The smallest absolute Gasteiger partial charge is 0.344 e. The summed E-state index contributed by atoms with van der Waals surface area (Å²) in [6.07, 6.45) is 0. The lowest BCUT2D eigenvalue weighted by Gasteiger charge is -2.11. The summed E-state index contributed by atoms with van der Waals surface area (Å²) in [5, 5.41) is 1.01. The van der Waals surface area contributed by atoms with Gasteiger partial charge in [-0.3, -0.25) is 0 Å². The van der Waals surface area contributed by atoms with Gasteiger partial charge in [0.2, 0.25) is 5.75 Å². The van der Waals surface area contributed by atoms with Crippen LogP contribution in [0, 0.1) is 5.82 Å². The number of halogens is 1. The molecule has 5 heteroatoms. The van der Waals surface area contributed by atoms with Crippen LogP contribution in [0.1, 0.15) is 0 Å².